The normalized spacial score (nSPS) is 18.4. The van der Waals surface area contributed by atoms with E-state index in [-0.39, 0.29) is 5.91 Å². The maximum atomic E-state index is 12.1. The summed E-state index contributed by atoms with van der Waals surface area (Å²) in [6.07, 6.45) is 1.55. The zero-order chi connectivity index (χ0) is 12.9. The summed E-state index contributed by atoms with van der Waals surface area (Å²) in [7, 11) is 0. The molecule has 3 rings (SSSR count). The van der Waals surface area contributed by atoms with Gasteiger partial charge in [0.2, 0.25) is 5.91 Å². The molecule has 1 aromatic carbocycles. The summed E-state index contributed by atoms with van der Waals surface area (Å²) in [4.78, 5) is 24.8. The van der Waals surface area contributed by atoms with Gasteiger partial charge in [0.25, 0.3) is 0 Å². The topological polar surface area (TPSA) is 70.8 Å². The van der Waals surface area contributed by atoms with Gasteiger partial charge in [-0.1, -0.05) is 0 Å². The van der Waals surface area contributed by atoms with Crippen LogP contribution in [0.15, 0.2) is 28.9 Å². The van der Waals surface area contributed by atoms with Gasteiger partial charge in [-0.05, 0) is 25.1 Å². The molecule has 0 saturated carbocycles. The van der Waals surface area contributed by atoms with Crippen LogP contribution < -0.4 is 4.90 Å². The van der Waals surface area contributed by atoms with Crippen LogP contribution >= 0.6 is 0 Å². The molecule has 1 aliphatic heterocycles. The molecule has 1 N–H and O–H groups in total. The molecule has 18 heavy (non-hydrogen) atoms. The lowest BCUT2D eigenvalue weighted by molar-refractivity contribution is -0.141. The zero-order valence-corrected chi connectivity index (χ0v) is 9.71. The predicted molar refractivity (Wildman–Crippen MR) is 64.6 cm³/mol. The molecule has 0 bridgehead atoms. The second-order valence-corrected chi connectivity index (χ2v) is 4.22. The number of hydrogen-bond donors (Lipinski definition) is 1. The zero-order valence-electron chi connectivity index (χ0n) is 9.71. The van der Waals surface area contributed by atoms with Crippen LogP contribution in [0.3, 0.4) is 0 Å². The molecule has 1 aliphatic rings. The first-order chi connectivity index (χ1) is 8.63. The van der Waals surface area contributed by atoms with Crippen LogP contribution in [0, 0.1) is 0 Å². The third kappa shape index (κ3) is 1.27. The minimum atomic E-state index is -1.12. The van der Waals surface area contributed by atoms with Crippen LogP contribution in [0.4, 0.5) is 5.69 Å². The molecule has 1 unspecified atom stereocenters. The van der Waals surface area contributed by atoms with Gasteiger partial charge in [-0.3, -0.25) is 9.59 Å². The third-order valence-corrected chi connectivity index (χ3v) is 3.28. The van der Waals surface area contributed by atoms with Crippen molar-refractivity contribution < 1.29 is 19.1 Å². The Morgan fingerprint density at radius 3 is 2.94 bits per heavy atom. The van der Waals surface area contributed by atoms with Crippen LogP contribution in [0.1, 0.15) is 18.4 Å². The number of carbonyl (C=O) groups excluding carboxylic acids is 1. The van der Waals surface area contributed by atoms with E-state index < -0.39 is 11.9 Å². The number of amides is 1. The van der Waals surface area contributed by atoms with Crippen molar-refractivity contribution >= 4 is 28.5 Å². The van der Waals surface area contributed by atoms with Gasteiger partial charge in [-0.25, -0.2) is 0 Å². The molecule has 92 valence electrons. The van der Waals surface area contributed by atoms with Gasteiger partial charge in [0.1, 0.15) is 5.58 Å². The largest absolute Gasteiger partial charge is 0.480 e. The van der Waals surface area contributed by atoms with Crippen molar-refractivity contribution in [3.05, 3.63) is 30.0 Å². The second-order valence-electron chi connectivity index (χ2n) is 4.22. The summed E-state index contributed by atoms with van der Waals surface area (Å²) in [6.45, 7) is 2.28. The molecule has 0 saturated heterocycles. The Hall–Kier alpha value is -2.30. The van der Waals surface area contributed by atoms with Crippen molar-refractivity contribution in [1.82, 2.24) is 0 Å². The first-order valence-electron chi connectivity index (χ1n) is 5.68. The fourth-order valence-corrected chi connectivity index (χ4v) is 2.45. The monoisotopic (exact) mass is 245 g/mol. The van der Waals surface area contributed by atoms with Crippen LogP contribution in [0.5, 0.6) is 0 Å². The van der Waals surface area contributed by atoms with E-state index >= 15 is 0 Å². The summed E-state index contributed by atoms with van der Waals surface area (Å²) in [6, 6.07) is 5.25. The molecule has 1 amide bonds. The van der Waals surface area contributed by atoms with E-state index in [4.69, 9.17) is 4.42 Å². The fraction of sp³-hybridized carbons (Fsp3) is 0.231. The molecule has 5 nitrogen and oxygen atoms in total. The minimum absolute atomic E-state index is 0.382. The molecule has 2 heterocycles. The van der Waals surface area contributed by atoms with Crippen molar-refractivity contribution in [3.63, 3.8) is 0 Å². The molecule has 1 atom stereocenters. The van der Waals surface area contributed by atoms with Crippen LogP contribution in [-0.4, -0.2) is 23.5 Å². The molecule has 2 aromatic rings. The Morgan fingerprint density at radius 1 is 1.50 bits per heavy atom. The first kappa shape index (κ1) is 10.8. The van der Waals surface area contributed by atoms with Gasteiger partial charge < -0.3 is 14.4 Å². The van der Waals surface area contributed by atoms with Gasteiger partial charge >= 0.3 is 5.97 Å². The highest BCUT2D eigenvalue weighted by atomic mass is 16.4. The van der Waals surface area contributed by atoms with Gasteiger partial charge in [0.15, 0.2) is 5.92 Å². The number of likely N-dealkylation sites (N-methyl/N-ethyl adjacent to an activating group) is 1. The van der Waals surface area contributed by atoms with E-state index in [9.17, 15) is 14.7 Å². The number of furan rings is 1. The SMILES string of the molecule is CCN1C(=O)C(C(=O)O)c2cc3occc3cc21. The number of carboxylic acids is 1. The lowest BCUT2D eigenvalue weighted by atomic mass is 10.0. The average molecular weight is 245 g/mol. The Bertz CT molecular complexity index is 658. The van der Waals surface area contributed by atoms with Crippen LogP contribution in [0.2, 0.25) is 0 Å². The lowest BCUT2D eigenvalue weighted by Crippen LogP contribution is -2.31. The predicted octanol–water partition coefficient (Wildman–Crippen LogP) is 1.97. The van der Waals surface area contributed by atoms with Crippen LogP contribution in [-0.2, 0) is 9.59 Å². The highest BCUT2D eigenvalue weighted by Gasteiger charge is 2.41. The van der Waals surface area contributed by atoms with Crippen LogP contribution in [0.25, 0.3) is 11.0 Å². The maximum Gasteiger partial charge on any atom is 0.320 e. The Kier molecular flexibility index (Phi) is 2.16. The van der Waals surface area contributed by atoms with Crippen molar-refractivity contribution in [2.24, 2.45) is 0 Å². The van der Waals surface area contributed by atoms with E-state index in [0.717, 1.165) is 5.39 Å². The highest BCUT2D eigenvalue weighted by Crippen LogP contribution is 2.40. The molecular formula is C13H11NO4. The van der Waals surface area contributed by atoms with E-state index in [0.29, 0.717) is 23.4 Å². The summed E-state index contributed by atoms with van der Waals surface area (Å²) in [5.74, 6) is -2.62. The van der Waals surface area contributed by atoms with Gasteiger partial charge in [-0.15, -0.1) is 0 Å². The summed E-state index contributed by atoms with van der Waals surface area (Å²) in [5, 5.41) is 10.1. The van der Waals surface area contributed by atoms with E-state index in [1.54, 1.807) is 24.5 Å². The van der Waals surface area contributed by atoms with Crippen molar-refractivity contribution in [2.75, 3.05) is 11.4 Å². The third-order valence-electron chi connectivity index (χ3n) is 3.28. The lowest BCUT2D eigenvalue weighted by Gasteiger charge is -2.14. The number of carboxylic acid groups (broad SMARTS) is 1. The molecule has 5 heteroatoms. The molecule has 1 aromatic heterocycles. The number of anilines is 1. The Labute approximate surface area is 103 Å². The number of carbonyl (C=O) groups is 2. The number of hydrogen-bond acceptors (Lipinski definition) is 3. The molecule has 0 spiro atoms. The number of aliphatic carboxylic acids is 1. The standard InChI is InChI=1S/C13H11NO4/c1-2-14-9-5-7-3-4-18-10(7)6-8(9)11(12(14)15)13(16)17/h3-6,11H,2H2,1H3,(H,16,17). The average Bonchev–Trinajstić information content (AvgIpc) is 2.86. The smallest absolute Gasteiger partial charge is 0.320 e. The number of rotatable bonds is 2. The Morgan fingerprint density at radius 2 is 2.28 bits per heavy atom. The quantitative estimate of drug-likeness (QED) is 0.821. The number of nitrogens with zero attached hydrogens (tertiary/aromatic N) is 1. The summed E-state index contributed by atoms with van der Waals surface area (Å²) in [5.41, 5.74) is 1.78. The Balaban J connectivity index is 2.28. The molecule has 0 aliphatic carbocycles. The van der Waals surface area contributed by atoms with E-state index in [1.165, 1.54) is 4.90 Å². The van der Waals surface area contributed by atoms with E-state index in [2.05, 4.69) is 0 Å². The van der Waals surface area contributed by atoms with Crippen molar-refractivity contribution in [3.8, 4) is 0 Å². The van der Waals surface area contributed by atoms with Crippen molar-refractivity contribution in [1.29, 1.82) is 0 Å². The molecule has 0 fully saturated rings. The second kappa shape index (κ2) is 3.60. The fourth-order valence-electron chi connectivity index (χ4n) is 2.45. The maximum absolute atomic E-state index is 12.1. The molecular weight excluding hydrogens is 234 g/mol. The van der Waals surface area contributed by atoms with Crippen molar-refractivity contribution in [2.45, 2.75) is 12.8 Å². The highest BCUT2D eigenvalue weighted by molar-refractivity contribution is 6.16. The summed E-state index contributed by atoms with van der Waals surface area (Å²) >= 11 is 0. The van der Waals surface area contributed by atoms with Gasteiger partial charge in [0.05, 0.1) is 6.26 Å². The molecule has 0 radical (unpaired) electrons. The summed E-state index contributed by atoms with van der Waals surface area (Å²) < 4.78 is 5.25. The number of fused-ring (bicyclic) bond motifs is 2. The van der Waals surface area contributed by atoms with Gasteiger partial charge in [0, 0.05) is 23.2 Å². The van der Waals surface area contributed by atoms with E-state index in [1.807, 2.05) is 6.92 Å². The minimum Gasteiger partial charge on any atom is -0.480 e. The first-order valence-corrected chi connectivity index (χ1v) is 5.68. The number of benzene rings is 1. The van der Waals surface area contributed by atoms with Gasteiger partial charge in [-0.2, -0.15) is 0 Å².